The monoisotopic (exact) mass is 240 g/mol. The lowest BCUT2D eigenvalue weighted by Gasteiger charge is -1.96. The van der Waals surface area contributed by atoms with Gasteiger partial charge in [-0.05, 0) is 11.4 Å². The van der Waals surface area contributed by atoms with E-state index in [-0.39, 0.29) is 5.91 Å². The summed E-state index contributed by atoms with van der Waals surface area (Å²) >= 11 is 3.04. The van der Waals surface area contributed by atoms with E-state index in [2.05, 4.69) is 15.3 Å². The first-order valence-electron chi connectivity index (χ1n) is 4.14. The highest BCUT2D eigenvalue weighted by molar-refractivity contribution is 7.20. The molecule has 0 bridgehead atoms. The topological polar surface area (TPSA) is 51.2 Å². The zero-order chi connectivity index (χ0) is 10.7. The quantitative estimate of drug-likeness (QED) is 0.836. The lowest BCUT2D eigenvalue weighted by molar-refractivity contribution is 0.0533. The number of amides is 1. The molecule has 15 heavy (non-hydrogen) atoms. The predicted octanol–water partition coefficient (Wildman–Crippen LogP) is 2.16. The zero-order valence-corrected chi connectivity index (χ0v) is 9.52. The van der Waals surface area contributed by atoms with Crippen LogP contribution in [-0.4, -0.2) is 18.0 Å². The molecule has 0 fully saturated rings. The van der Waals surface area contributed by atoms with Crippen molar-refractivity contribution in [3.8, 4) is 9.88 Å². The number of hydroxylamine groups is 1. The first kappa shape index (κ1) is 10.3. The van der Waals surface area contributed by atoms with Crippen molar-refractivity contribution >= 4 is 28.6 Å². The molecule has 2 aromatic heterocycles. The Balaban J connectivity index is 2.21. The molecule has 0 saturated heterocycles. The molecular formula is C9H8N2O2S2. The van der Waals surface area contributed by atoms with Gasteiger partial charge in [0, 0.05) is 5.38 Å². The number of hydrogen-bond acceptors (Lipinski definition) is 5. The SMILES string of the molecule is CONC(=O)c1csc(-c2cccs2)n1. The Bertz CT molecular complexity index is 450. The number of thiazole rings is 1. The van der Waals surface area contributed by atoms with Crippen LogP contribution in [0.4, 0.5) is 0 Å². The summed E-state index contributed by atoms with van der Waals surface area (Å²) in [6.45, 7) is 0. The number of carbonyl (C=O) groups is 1. The van der Waals surface area contributed by atoms with Crippen molar-refractivity contribution in [2.24, 2.45) is 0 Å². The Morgan fingerprint density at radius 2 is 2.40 bits per heavy atom. The second-order valence-corrected chi connectivity index (χ2v) is 4.46. The third kappa shape index (κ3) is 2.23. The summed E-state index contributed by atoms with van der Waals surface area (Å²) in [7, 11) is 1.39. The number of carbonyl (C=O) groups excluding carboxylic acids is 1. The highest BCUT2D eigenvalue weighted by Gasteiger charge is 2.11. The fourth-order valence-corrected chi connectivity index (χ4v) is 2.65. The molecule has 4 nitrogen and oxygen atoms in total. The molecule has 0 aliphatic rings. The Kier molecular flexibility index (Phi) is 3.10. The van der Waals surface area contributed by atoms with Crippen LogP contribution in [-0.2, 0) is 4.84 Å². The van der Waals surface area contributed by atoms with Crippen molar-refractivity contribution in [1.29, 1.82) is 0 Å². The molecule has 2 rings (SSSR count). The number of aromatic nitrogens is 1. The van der Waals surface area contributed by atoms with Crippen molar-refractivity contribution < 1.29 is 9.63 Å². The van der Waals surface area contributed by atoms with E-state index < -0.39 is 0 Å². The average Bonchev–Trinajstić information content (AvgIpc) is 2.89. The smallest absolute Gasteiger partial charge is 0.277 e. The molecule has 2 heterocycles. The standard InChI is InChI=1S/C9H8N2O2S2/c1-13-11-8(12)6-5-15-9(10-6)7-3-2-4-14-7/h2-5H,1H3,(H,11,12). The van der Waals surface area contributed by atoms with E-state index in [9.17, 15) is 4.79 Å². The van der Waals surface area contributed by atoms with Crippen LogP contribution in [0.1, 0.15) is 10.5 Å². The van der Waals surface area contributed by atoms with Crippen LogP contribution >= 0.6 is 22.7 Å². The summed E-state index contributed by atoms with van der Waals surface area (Å²) < 4.78 is 0. The molecule has 2 aromatic rings. The van der Waals surface area contributed by atoms with Gasteiger partial charge in [-0.2, -0.15) is 0 Å². The maximum absolute atomic E-state index is 11.3. The van der Waals surface area contributed by atoms with Crippen molar-refractivity contribution in [2.45, 2.75) is 0 Å². The van der Waals surface area contributed by atoms with Crippen LogP contribution < -0.4 is 5.48 Å². The second-order valence-electron chi connectivity index (χ2n) is 2.65. The molecule has 1 N–H and O–H groups in total. The third-order valence-electron chi connectivity index (χ3n) is 1.66. The molecule has 0 aliphatic heterocycles. The molecule has 1 amide bonds. The Labute approximate surface area is 94.5 Å². The van der Waals surface area contributed by atoms with Gasteiger partial charge in [0.15, 0.2) is 0 Å². The van der Waals surface area contributed by atoms with Gasteiger partial charge in [0.25, 0.3) is 5.91 Å². The van der Waals surface area contributed by atoms with Crippen LogP contribution in [0, 0.1) is 0 Å². The molecule has 0 spiro atoms. The van der Waals surface area contributed by atoms with Crippen LogP contribution in [0.15, 0.2) is 22.9 Å². The molecule has 0 aromatic carbocycles. The Morgan fingerprint density at radius 3 is 3.07 bits per heavy atom. The van der Waals surface area contributed by atoms with E-state index in [4.69, 9.17) is 0 Å². The van der Waals surface area contributed by atoms with E-state index in [0.717, 1.165) is 9.88 Å². The maximum Gasteiger partial charge on any atom is 0.294 e. The largest absolute Gasteiger partial charge is 0.294 e. The molecule has 78 valence electrons. The fourth-order valence-electron chi connectivity index (χ4n) is 1.04. The number of hydrogen-bond donors (Lipinski definition) is 1. The molecule has 0 unspecified atom stereocenters. The van der Waals surface area contributed by atoms with Crippen LogP contribution in [0.3, 0.4) is 0 Å². The van der Waals surface area contributed by atoms with Crippen molar-refractivity contribution in [2.75, 3.05) is 7.11 Å². The molecule has 6 heteroatoms. The highest BCUT2D eigenvalue weighted by Crippen LogP contribution is 2.27. The molecule has 0 aliphatic carbocycles. The third-order valence-corrected chi connectivity index (χ3v) is 3.54. The minimum atomic E-state index is -0.323. The normalized spacial score (nSPS) is 10.2. The summed E-state index contributed by atoms with van der Waals surface area (Å²) in [6, 6.07) is 3.93. The Hall–Kier alpha value is -1.24. The number of nitrogens with one attached hydrogen (secondary N) is 1. The minimum Gasteiger partial charge on any atom is -0.277 e. The van der Waals surface area contributed by atoms with Gasteiger partial charge in [-0.25, -0.2) is 10.5 Å². The van der Waals surface area contributed by atoms with E-state index in [1.54, 1.807) is 16.7 Å². The number of nitrogens with zero attached hydrogens (tertiary/aromatic N) is 1. The van der Waals surface area contributed by atoms with Gasteiger partial charge >= 0.3 is 0 Å². The lowest BCUT2D eigenvalue weighted by atomic mass is 10.4. The molecular weight excluding hydrogens is 232 g/mol. The summed E-state index contributed by atoms with van der Waals surface area (Å²) in [5, 5.41) is 4.54. The first-order chi connectivity index (χ1) is 7.31. The highest BCUT2D eigenvalue weighted by atomic mass is 32.1. The van der Waals surface area contributed by atoms with Crippen LogP contribution in [0.25, 0.3) is 9.88 Å². The molecule has 0 saturated carbocycles. The summed E-state index contributed by atoms with van der Waals surface area (Å²) in [5.74, 6) is -0.323. The van der Waals surface area contributed by atoms with E-state index in [1.807, 2.05) is 17.5 Å². The maximum atomic E-state index is 11.3. The minimum absolute atomic E-state index is 0.323. The van der Waals surface area contributed by atoms with Gasteiger partial charge in [0.05, 0.1) is 12.0 Å². The van der Waals surface area contributed by atoms with Crippen molar-refractivity contribution in [3.05, 3.63) is 28.6 Å². The van der Waals surface area contributed by atoms with E-state index in [1.165, 1.54) is 18.4 Å². The molecule has 0 atom stereocenters. The van der Waals surface area contributed by atoms with E-state index >= 15 is 0 Å². The first-order valence-corrected chi connectivity index (χ1v) is 5.90. The van der Waals surface area contributed by atoms with E-state index in [0.29, 0.717) is 5.69 Å². The van der Waals surface area contributed by atoms with Gasteiger partial charge in [-0.3, -0.25) is 9.63 Å². The summed E-state index contributed by atoms with van der Waals surface area (Å²) in [6.07, 6.45) is 0. The zero-order valence-electron chi connectivity index (χ0n) is 7.89. The lowest BCUT2D eigenvalue weighted by Crippen LogP contribution is -2.21. The summed E-state index contributed by atoms with van der Waals surface area (Å²) in [5.41, 5.74) is 2.61. The number of thiophene rings is 1. The summed E-state index contributed by atoms with van der Waals surface area (Å²) in [4.78, 5) is 21.1. The molecule has 0 radical (unpaired) electrons. The van der Waals surface area contributed by atoms with Crippen LogP contribution in [0.5, 0.6) is 0 Å². The average molecular weight is 240 g/mol. The van der Waals surface area contributed by atoms with Gasteiger partial charge in [-0.1, -0.05) is 6.07 Å². The van der Waals surface area contributed by atoms with Crippen molar-refractivity contribution in [3.63, 3.8) is 0 Å². The fraction of sp³-hybridized carbons (Fsp3) is 0.111. The predicted molar refractivity (Wildman–Crippen MR) is 59.9 cm³/mol. The Morgan fingerprint density at radius 1 is 1.53 bits per heavy atom. The van der Waals surface area contributed by atoms with Gasteiger partial charge in [0.2, 0.25) is 0 Å². The van der Waals surface area contributed by atoms with Crippen LogP contribution in [0.2, 0.25) is 0 Å². The second kappa shape index (κ2) is 4.52. The van der Waals surface area contributed by atoms with Gasteiger partial charge in [0.1, 0.15) is 10.7 Å². The van der Waals surface area contributed by atoms with Gasteiger partial charge in [-0.15, -0.1) is 22.7 Å². The number of rotatable bonds is 3. The van der Waals surface area contributed by atoms with Crippen molar-refractivity contribution in [1.82, 2.24) is 10.5 Å². The van der Waals surface area contributed by atoms with Gasteiger partial charge < -0.3 is 0 Å².